The quantitative estimate of drug-likeness (QED) is 0.750. The second-order valence-corrected chi connectivity index (χ2v) is 6.87. The molecule has 0 bridgehead atoms. The number of amides is 1. The molecule has 136 valence electrons. The summed E-state index contributed by atoms with van der Waals surface area (Å²) in [6, 6.07) is 2.05. The number of aromatic amines is 1. The molecule has 1 fully saturated rings. The first-order chi connectivity index (χ1) is 12.6. The fourth-order valence-electron chi connectivity index (χ4n) is 3.43. The molecule has 1 saturated heterocycles. The molecule has 1 unspecified atom stereocenters. The summed E-state index contributed by atoms with van der Waals surface area (Å²) in [5, 5.41) is 4.75. The van der Waals surface area contributed by atoms with Gasteiger partial charge in [0.15, 0.2) is 0 Å². The molecule has 1 atom stereocenters. The third-order valence-electron chi connectivity index (χ3n) is 4.52. The molecule has 3 aromatic rings. The summed E-state index contributed by atoms with van der Waals surface area (Å²) < 4.78 is 5.58. The van der Waals surface area contributed by atoms with Gasteiger partial charge >= 0.3 is 6.09 Å². The summed E-state index contributed by atoms with van der Waals surface area (Å²) in [5.41, 5.74) is 1.62. The molecule has 1 aliphatic heterocycles. The van der Waals surface area contributed by atoms with Crippen molar-refractivity contribution in [3.8, 4) is 0 Å². The number of carbonyl (C=O) groups is 1. The summed E-state index contributed by atoms with van der Waals surface area (Å²) >= 11 is 0. The maximum Gasteiger partial charge on any atom is 0.407 e. The first kappa shape index (κ1) is 16.6. The van der Waals surface area contributed by atoms with Gasteiger partial charge in [-0.05, 0) is 32.8 Å². The van der Waals surface area contributed by atoms with Crippen LogP contribution < -0.4 is 10.2 Å². The Labute approximate surface area is 151 Å². The highest BCUT2D eigenvalue weighted by atomic mass is 16.6. The normalized spacial score (nSPS) is 17.8. The summed E-state index contributed by atoms with van der Waals surface area (Å²) in [6.45, 7) is 5.31. The Morgan fingerprint density at radius 1 is 1.38 bits per heavy atom. The molecule has 0 saturated carbocycles. The summed E-state index contributed by atoms with van der Waals surface area (Å²) in [6.07, 6.45) is 6.46. The van der Waals surface area contributed by atoms with Crippen molar-refractivity contribution in [2.24, 2.45) is 0 Å². The molecular weight excluding hydrogens is 332 g/mol. The number of piperidine rings is 1. The average molecular weight is 354 g/mol. The van der Waals surface area contributed by atoms with Crippen LogP contribution in [0.5, 0.6) is 0 Å². The first-order valence-corrected chi connectivity index (χ1v) is 8.90. The van der Waals surface area contributed by atoms with Crippen molar-refractivity contribution in [3.63, 3.8) is 0 Å². The van der Waals surface area contributed by atoms with Gasteiger partial charge in [-0.15, -0.1) is 0 Å². The summed E-state index contributed by atoms with van der Waals surface area (Å²) in [7, 11) is 0. The number of hydrogen-bond acceptors (Lipinski definition) is 6. The molecule has 4 heterocycles. The molecule has 0 radical (unpaired) electrons. The van der Waals surface area contributed by atoms with Gasteiger partial charge in [-0.3, -0.25) is 0 Å². The van der Waals surface area contributed by atoms with E-state index in [1.54, 1.807) is 12.5 Å². The molecule has 8 nitrogen and oxygen atoms in total. The van der Waals surface area contributed by atoms with E-state index >= 15 is 0 Å². The Balaban J connectivity index is 1.63. The minimum absolute atomic E-state index is 0.0578. The zero-order valence-electron chi connectivity index (χ0n) is 14.9. The number of nitrogens with zero attached hydrogens (tertiary/aromatic N) is 4. The SMILES string of the molecule is CC(C)NC(=O)OC1CCCN(c2ncnc3cnc4[nH]ccc4c23)C1. The van der Waals surface area contributed by atoms with Crippen molar-refractivity contribution < 1.29 is 9.53 Å². The molecule has 8 heteroatoms. The van der Waals surface area contributed by atoms with Crippen molar-refractivity contribution in [3.05, 3.63) is 24.8 Å². The molecule has 26 heavy (non-hydrogen) atoms. The molecular formula is C18H22N6O2. The summed E-state index contributed by atoms with van der Waals surface area (Å²) in [5.74, 6) is 0.861. The number of nitrogens with one attached hydrogen (secondary N) is 2. The maximum absolute atomic E-state index is 11.9. The highest BCUT2D eigenvalue weighted by molar-refractivity contribution is 6.08. The van der Waals surface area contributed by atoms with E-state index in [1.807, 2.05) is 26.1 Å². The van der Waals surface area contributed by atoms with Gasteiger partial charge in [-0.2, -0.15) is 0 Å². The maximum atomic E-state index is 11.9. The minimum Gasteiger partial charge on any atom is -0.444 e. The van der Waals surface area contributed by atoms with E-state index < -0.39 is 0 Å². The number of carbonyl (C=O) groups excluding carboxylic acids is 1. The van der Waals surface area contributed by atoms with E-state index in [0.29, 0.717) is 6.54 Å². The van der Waals surface area contributed by atoms with Gasteiger partial charge < -0.3 is 19.9 Å². The largest absolute Gasteiger partial charge is 0.444 e. The molecule has 0 aliphatic carbocycles. The van der Waals surface area contributed by atoms with Crippen molar-refractivity contribution in [2.75, 3.05) is 18.0 Å². The molecule has 3 aromatic heterocycles. The van der Waals surface area contributed by atoms with E-state index in [9.17, 15) is 4.79 Å². The predicted molar refractivity (Wildman–Crippen MR) is 99.2 cm³/mol. The Hall–Kier alpha value is -2.90. The van der Waals surface area contributed by atoms with E-state index in [0.717, 1.165) is 47.1 Å². The van der Waals surface area contributed by atoms with Gasteiger partial charge in [0.2, 0.25) is 0 Å². The van der Waals surface area contributed by atoms with Crippen LogP contribution in [0.3, 0.4) is 0 Å². The number of rotatable bonds is 3. The number of H-pyrrole nitrogens is 1. The lowest BCUT2D eigenvalue weighted by Gasteiger charge is -2.33. The standard InChI is InChI=1S/C18H22N6O2/c1-11(2)23-18(25)26-12-4-3-7-24(9-12)17-15-13-5-6-19-16(13)20-8-14(15)21-10-22-17/h5-6,8,10-12H,3-4,7,9H2,1-2H3,(H,19,20)(H,23,25). The lowest BCUT2D eigenvalue weighted by Crippen LogP contribution is -2.43. The zero-order chi connectivity index (χ0) is 18.1. The Kier molecular flexibility index (Phi) is 4.32. The van der Waals surface area contributed by atoms with Crippen LogP contribution in [0.25, 0.3) is 21.9 Å². The van der Waals surface area contributed by atoms with Crippen LogP contribution in [0, 0.1) is 0 Å². The third-order valence-corrected chi connectivity index (χ3v) is 4.52. The monoisotopic (exact) mass is 354 g/mol. The van der Waals surface area contributed by atoms with E-state index in [2.05, 4.69) is 30.2 Å². The third kappa shape index (κ3) is 3.14. The number of aromatic nitrogens is 4. The number of anilines is 1. The predicted octanol–water partition coefficient (Wildman–Crippen LogP) is 2.61. The van der Waals surface area contributed by atoms with Crippen LogP contribution in [0.2, 0.25) is 0 Å². The fourth-order valence-corrected chi connectivity index (χ4v) is 3.43. The zero-order valence-corrected chi connectivity index (χ0v) is 14.9. The van der Waals surface area contributed by atoms with Crippen LogP contribution >= 0.6 is 0 Å². The van der Waals surface area contributed by atoms with Gasteiger partial charge in [0.25, 0.3) is 0 Å². The van der Waals surface area contributed by atoms with Crippen LogP contribution in [0.1, 0.15) is 26.7 Å². The second kappa shape index (κ2) is 6.78. The topological polar surface area (TPSA) is 96.0 Å². The smallest absolute Gasteiger partial charge is 0.407 e. The number of pyridine rings is 1. The highest BCUT2D eigenvalue weighted by Crippen LogP contribution is 2.31. The number of fused-ring (bicyclic) bond motifs is 3. The Morgan fingerprint density at radius 3 is 3.12 bits per heavy atom. The number of hydrogen-bond donors (Lipinski definition) is 2. The number of ether oxygens (including phenoxy) is 1. The van der Waals surface area contributed by atoms with Crippen LogP contribution in [0.4, 0.5) is 10.6 Å². The van der Waals surface area contributed by atoms with Crippen molar-refractivity contribution in [2.45, 2.75) is 38.8 Å². The average Bonchev–Trinajstić information content (AvgIpc) is 3.09. The lowest BCUT2D eigenvalue weighted by molar-refractivity contribution is 0.0865. The minimum atomic E-state index is -0.364. The van der Waals surface area contributed by atoms with Gasteiger partial charge in [-0.1, -0.05) is 0 Å². The van der Waals surface area contributed by atoms with Gasteiger partial charge in [0, 0.05) is 24.2 Å². The van der Waals surface area contributed by atoms with E-state index in [1.165, 1.54) is 0 Å². The molecule has 4 rings (SSSR count). The molecule has 2 N–H and O–H groups in total. The molecule has 0 aromatic carbocycles. The molecule has 1 amide bonds. The Morgan fingerprint density at radius 2 is 2.27 bits per heavy atom. The van der Waals surface area contributed by atoms with E-state index in [-0.39, 0.29) is 18.2 Å². The number of alkyl carbamates (subject to hydrolysis) is 1. The van der Waals surface area contributed by atoms with Crippen LogP contribution in [0.15, 0.2) is 24.8 Å². The van der Waals surface area contributed by atoms with E-state index in [4.69, 9.17) is 4.74 Å². The van der Waals surface area contributed by atoms with Crippen LogP contribution in [-0.4, -0.2) is 51.3 Å². The van der Waals surface area contributed by atoms with Crippen LogP contribution in [-0.2, 0) is 4.74 Å². The first-order valence-electron chi connectivity index (χ1n) is 8.90. The van der Waals surface area contributed by atoms with Gasteiger partial charge in [0.05, 0.1) is 23.6 Å². The van der Waals surface area contributed by atoms with Gasteiger partial charge in [0.1, 0.15) is 23.9 Å². The Bertz CT molecular complexity index is 938. The van der Waals surface area contributed by atoms with Crippen molar-refractivity contribution in [1.82, 2.24) is 25.3 Å². The van der Waals surface area contributed by atoms with Gasteiger partial charge in [-0.25, -0.2) is 19.7 Å². The summed E-state index contributed by atoms with van der Waals surface area (Å²) in [4.78, 5) is 30.5. The highest BCUT2D eigenvalue weighted by Gasteiger charge is 2.26. The fraction of sp³-hybridized carbons (Fsp3) is 0.444. The second-order valence-electron chi connectivity index (χ2n) is 6.87. The lowest BCUT2D eigenvalue weighted by atomic mass is 10.1. The molecule has 1 aliphatic rings. The molecule has 0 spiro atoms. The van der Waals surface area contributed by atoms with Crippen molar-refractivity contribution in [1.29, 1.82) is 0 Å². The van der Waals surface area contributed by atoms with Crippen molar-refractivity contribution >= 4 is 33.8 Å².